The molecule has 0 fully saturated rings. The van der Waals surface area contributed by atoms with Gasteiger partial charge in [-0.3, -0.25) is 0 Å². The average molecular weight is 212 g/mol. The monoisotopic (exact) mass is 212 g/mol. The summed E-state index contributed by atoms with van der Waals surface area (Å²) < 4.78 is 10.1. The largest absolute Gasteiger partial charge is 0.496 e. The van der Waals surface area contributed by atoms with Crippen LogP contribution in [0.15, 0.2) is 21.3 Å². The molecule has 0 N–H and O–H groups in total. The Morgan fingerprint density at radius 2 is 2.00 bits per heavy atom. The quantitative estimate of drug-likeness (QED) is 0.720. The van der Waals surface area contributed by atoms with E-state index in [-0.39, 0.29) is 5.63 Å². The zero-order valence-corrected chi connectivity index (χ0v) is 10.1. The summed E-state index contributed by atoms with van der Waals surface area (Å²) >= 11 is 0. The lowest BCUT2D eigenvalue weighted by Crippen LogP contribution is -2.24. The molecule has 1 rings (SSSR count). The van der Waals surface area contributed by atoms with Gasteiger partial charge >= 0.3 is 5.63 Å². The fraction of sp³-hybridized carbons (Fsp3) is 0.500. The highest BCUT2D eigenvalue weighted by molar-refractivity contribution is 6.75. The molecular formula is C10H16O3Si. The van der Waals surface area contributed by atoms with E-state index in [1.165, 1.54) is 6.07 Å². The molecule has 0 saturated heterocycles. The normalized spacial score (nSPS) is 11.4. The highest BCUT2D eigenvalue weighted by Gasteiger charge is 2.16. The van der Waals surface area contributed by atoms with Gasteiger partial charge in [0, 0.05) is 12.1 Å². The van der Waals surface area contributed by atoms with Crippen molar-refractivity contribution in [3.63, 3.8) is 0 Å². The predicted molar refractivity (Wildman–Crippen MR) is 58.6 cm³/mol. The fourth-order valence-electron chi connectivity index (χ4n) is 1.23. The molecule has 1 aromatic heterocycles. The minimum Gasteiger partial charge on any atom is -0.496 e. The van der Waals surface area contributed by atoms with Crippen molar-refractivity contribution in [2.45, 2.75) is 25.7 Å². The summed E-state index contributed by atoms with van der Waals surface area (Å²) in [5.74, 6) is 1.31. The first-order valence-electron chi connectivity index (χ1n) is 4.59. The number of ether oxygens (including phenoxy) is 1. The second kappa shape index (κ2) is 4.00. The molecule has 0 aliphatic carbocycles. The second-order valence-corrected chi connectivity index (χ2v) is 9.99. The first-order valence-corrected chi connectivity index (χ1v) is 8.29. The Bertz CT molecular complexity index is 362. The van der Waals surface area contributed by atoms with Crippen LogP contribution >= 0.6 is 0 Å². The third-order valence-corrected chi connectivity index (χ3v) is 3.14. The van der Waals surface area contributed by atoms with E-state index in [0.717, 1.165) is 11.8 Å². The lowest BCUT2D eigenvalue weighted by molar-refractivity contribution is 0.395. The highest BCUT2D eigenvalue weighted by atomic mass is 28.3. The smallest absolute Gasteiger partial charge is 0.339 e. The molecule has 0 aliphatic heterocycles. The van der Waals surface area contributed by atoms with Crippen molar-refractivity contribution in [1.29, 1.82) is 0 Å². The van der Waals surface area contributed by atoms with Gasteiger partial charge in [-0.05, 0) is 0 Å². The number of rotatable bonds is 3. The molecule has 0 radical (unpaired) electrons. The molecule has 0 amide bonds. The van der Waals surface area contributed by atoms with Gasteiger partial charge in [-0.25, -0.2) is 4.79 Å². The molecule has 0 saturated carbocycles. The minimum absolute atomic E-state index is 0.336. The average Bonchev–Trinajstić information content (AvgIpc) is 1.99. The molecule has 1 aromatic rings. The molecule has 0 aliphatic rings. The van der Waals surface area contributed by atoms with Crippen molar-refractivity contribution in [2.24, 2.45) is 0 Å². The van der Waals surface area contributed by atoms with Gasteiger partial charge in [0.1, 0.15) is 11.5 Å². The van der Waals surface area contributed by atoms with Crippen molar-refractivity contribution in [1.82, 2.24) is 0 Å². The van der Waals surface area contributed by atoms with Crippen LogP contribution < -0.4 is 10.4 Å². The first-order chi connectivity index (χ1) is 6.40. The Labute approximate surface area is 84.7 Å². The van der Waals surface area contributed by atoms with Gasteiger partial charge in [-0.1, -0.05) is 19.6 Å². The molecule has 4 heteroatoms. The van der Waals surface area contributed by atoms with Crippen LogP contribution in [0.5, 0.6) is 5.75 Å². The maximum atomic E-state index is 11.1. The molecule has 78 valence electrons. The van der Waals surface area contributed by atoms with Crippen LogP contribution in [0.4, 0.5) is 0 Å². The van der Waals surface area contributed by atoms with Gasteiger partial charge in [-0.15, -0.1) is 0 Å². The van der Waals surface area contributed by atoms with E-state index in [1.54, 1.807) is 13.2 Å². The second-order valence-electron chi connectivity index (χ2n) is 4.52. The Kier molecular flexibility index (Phi) is 3.16. The Balaban J connectivity index is 2.98. The van der Waals surface area contributed by atoms with E-state index >= 15 is 0 Å². The molecule has 0 aromatic carbocycles. The van der Waals surface area contributed by atoms with Crippen molar-refractivity contribution in [3.8, 4) is 5.75 Å². The third kappa shape index (κ3) is 3.37. The first kappa shape index (κ1) is 11.0. The molecule has 0 bridgehead atoms. The zero-order chi connectivity index (χ0) is 10.8. The van der Waals surface area contributed by atoms with E-state index in [0.29, 0.717) is 5.75 Å². The van der Waals surface area contributed by atoms with Crippen LogP contribution in [0.2, 0.25) is 19.6 Å². The van der Waals surface area contributed by atoms with Crippen LogP contribution in [-0.2, 0) is 6.04 Å². The summed E-state index contributed by atoms with van der Waals surface area (Å²) in [6.07, 6.45) is 0. The summed E-state index contributed by atoms with van der Waals surface area (Å²) in [4.78, 5) is 11.1. The number of methoxy groups -OCH3 is 1. The molecule has 1 heterocycles. The summed E-state index contributed by atoms with van der Waals surface area (Å²) in [6, 6.07) is 4.01. The van der Waals surface area contributed by atoms with Crippen LogP contribution in [0.1, 0.15) is 5.76 Å². The summed E-state index contributed by atoms with van der Waals surface area (Å²) in [7, 11) is 0.304. The van der Waals surface area contributed by atoms with E-state index < -0.39 is 8.07 Å². The highest BCUT2D eigenvalue weighted by Crippen LogP contribution is 2.14. The van der Waals surface area contributed by atoms with Gasteiger partial charge in [0.25, 0.3) is 0 Å². The Morgan fingerprint density at radius 3 is 2.50 bits per heavy atom. The van der Waals surface area contributed by atoms with Crippen LogP contribution in [0.3, 0.4) is 0 Å². The summed E-state index contributed by atoms with van der Waals surface area (Å²) in [6.45, 7) is 6.69. The summed E-state index contributed by atoms with van der Waals surface area (Å²) in [5.41, 5.74) is -0.336. The topological polar surface area (TPSA) is 39.4 Å². The SMILES string of the molecule is COc1cc(C[Si](C)(C)C)oc(=O)c1. The maximum Gasteiger partial charge on any atom is 0.339 e. The molecule has 3 nitrogen and oxygen atoms in total. The molecule has 0 atom stereocenters. The van der Waals surface area contributed by atoms with E-state index in [9.17, 15) is 4.79 Å². The number of hydrogen-bond acceptors (Lipinski definition) is 3. The van der Waals surface area contributed by atoms with Crippen LogP contribution in [0, 0.1) is 0 Å². The number of hydrogen-bond donors (Lipinski definition) is 0. The van der Waals surface area contributed by atoms with Crippen molar-refractivity contribution < 1.29 is 9.15 Å². The van der Waals surface area contributed by atoms with Crippen LogP contribution in [0.25, 0.3) is 0 Å². The molecule has 0 unspecified atom stereocenters. The van der Waals surface area contributed by atoms with Crippen molar-refractivity contribution in [3.05, 3.63) is 28.3 Å². The summed E-state index contributed by atoms with van der Waals surface area (Å²) in [5, 5.41) is 0. The van der Waals surface area contributed by atoms with Gasteiger partial charge < -0.3 is 9.15 Å². The van der Waals surface area contributed by atoms with Crippen molar-refractivity contribution >= 4 is 8.07 Å². The van der Waals surface area contributed by atoms with Gasteiger partial charge in [0.05, 0.1) is 21.3 Å². The van der Waals surface area contributed by atoms with E-state index in [4.69, 9.17) is 9.15 Å². The zero-order valence-electron chi connectivity index (χ0n) is 9.09. The maximum absolute atomic E-state index is 11.1. The lowest BCUT2D eigenvalue weighted by atomic mass is 10.4. The molecular weight excluding hydrogens is 196 g/mol. The minimum atomic E-state index is -1.24. The van der Waals surface area contributed by atoms with Gasteiger partial charge in [0.2, 0.25) is 0 Å². The molecule has 14 heavy (non-hydrogen) atoms. The Hall–Kier alpha value is -1.03. The Morgan fingerprint density at radius 1 is 1.36 bits per heavy atom. The lowest BCUT2D eigenvalue weighted by Gasteiger charge is -2.14. The predicted octanol–water partition coefficient (Wildman–Crippen LogP) is 2.07. The van der Waals surface area contributed by atoms with Crippen LogP contribution in [-0.4, -0.2) is 15.2 Å². The standard InChI is InChI=1S/C10H16O3Si/c1-12-8-5-9(7-14(2,3)4)13-10(11)6-8/h5-6H,7H2,1-4H3. The van der Waals surface area contributed by atoms with Gasteiger partial charge in [-0.2, -0.15) is 0 Å². The van der Waals surface area contributed by atoms with E-state index in [2.05, 4.69) is 19.6 Å². The fourth-order valence-corrected chi connectivity index (χ4v) is 2.45. The van der Waals surface area contributed by atoms with Gasteiger partial charge in [0.15, 0.2) is 0 Å². The third-order valence-electron chi connectivity index (χ3n) is 1.74. The molecule has 0 spiro atoms. The van der Waals surface area contributed by atoms with E-state index in [1.807, 2.05) is 0 Å². The van der Waals surface area contributed by atoms with Crippen molar-refractivity contribution in [2.75, 3.05) is 7.11 Å².